The van der Waals surface area contributed by atoms with Gasteiger partial charge in [-0.3, -0.25) is 9.69 Å². The maximum absolute atomic E-state index is 13.3. The highest BCUT2D eigenvalue weighted by Gasteiger charge is 2.49. The van der Waals surface area contributed by atoms with Crippen molar-refractivity contribution in [3.8, 4) is 11.5 Å². The molecule has 33 heavy (non-hydrogen) atoms. The molecule has 1 heterocycles. The first-order valence-electron chi connectivity index (χ1n) is 11.9. The van der Waals surface area contributed by atoms with E-state index in [1.807, 2.05) is 12.1 Å². The largest absolute Gasteiger partial charge is 0.493 e. The second-order valence-corrected chi connectivity index (χ2v) is 9.50. The van der Waals surface area contributed by atoms with Gasteiger partial charge in [0.25, 0.3) is 0 Å². The molecule has 1 N–H and O–H groups in total. The molecule has 1 saturated heterocycles. The molecule has 2 aliphatic rings. The van der Waals surface area contributed by atoms with E-state index in [2.05, 4.69) is 53.5 Å². The van der Waals surface area contributed by atoms with Gasteiger partial charge in [0.1, 0.15) is 6.73 Å². The molecule has 0 bridgehead atoms. The zero-order valence-corrected chi connectivity index (χ0v) is 20.0. The molecular formula is C27H36N2O4. The van der Waals surface area contributed by atoms with Crippen molar-refractivity contribution in [2.75, 3.05) is 34.0 Å². The van der Waals surface area contributed by atoms with Crippen LogP contribution < -0.4 is 14.8 Å². The van der Waals surface area contributed by atoms with E-state index < -0.39 is 5.41 Å². The van der Waals surface area contributed by atoms with Gasteiger partial charge in [0.2, 0.25) is 5.91 Å². The van der Waals surface area contributed by atoms with E-state index in [9.17, 15) is 4.79 Å². The van der Waals surface area contributed by atoms with Gasteiger partial charge < -0.3 is 19.5 Å². The summed E-state index contributed by atoms with van der Waals surface area (Å²) in [5, 5.41) is 2.95. The Balaban J connectivity index is 1.62. The van der Waals surface area contributed by atoms with Crippen molar-refractivity contribution in [3.63, 3.8) is 0 Å². The Labute approximate surface area is 197 Å². The molecule has 0 radical (unpaired) electrons. The first kappa shape index (κ1) is 23.6. The van der Waals surface area contributed by atoms with Crippen molar-refractivity contribution in [1.29, 1.82) is 0 Å². The standard InChI is InChI=1S/C27H36N2O4/c1-27(26(30)28-19-31-2)18-29(16-20-9-5-4-6-10-20)17-23(27)21-13-14-24(32-3)25(15-21)33-22-11-7-8-12-22/h4-6,9-10,13-15,22-23H,7-8,11-12,16-19H2,1-3H3,(H,28,30)/t23-,27+/m0/s1. The van der Waals surface area contributed by atoms with E-state index >= 15 is 0 Å². The van der Waals surface area contributed by atoms with Crippen molar-refractivity contribution in [2.24, 2.45) is 5.41 Å². The number of carbonyl (C=O) groups is 1. The lowest BCUT2D eigenvalue weighted by molar-refractivity contribution is -0.131. The van der Waals surface area contributed by atoms with Gasteiger partial charge in [0, 0.05) is 32.7 Å². The third kappa shape index (κ3) is 5.33. The quantitative estimate of drug-likeness (QED) is 0.574. The molecule has 0 spiro atoms. The molecule has 1 aliphatic heterocycles. The minimum atomic E-state index is -0.591. The minimum absolute atomic E-state index is 0.0130. The van der Waals surface area contributed by atoms with Crippen LogP contribution in [0.4, 0.5) is 0 Å². The number of rotatable bonds is 9. The summed E-state index contributed by atoms with van der Waals surface area (Å²) >= 11 is 0. The Kier molecular flexibility index (Phi) is 7.56. The van der Waals surface area contributed by atoms with Crippen LogP contribution in [0.25, 0.3) is 0 Å². The number of ether oxygens (including phenoxy) is 3. The third-order valence-electron chi connectivity index (χ3n) is 7.09. The molecule has 2 fully saturated rings. The zero-order chi connectivity index (χ0) is 23.3. The van der Waals surface area contributed by atoms with Crippen LogP contribution in [-0.2, 0) is 16.1 Å². The Morgan fingerprint density at radius 1 is 1.09 bits per heavy atom. The predicted octanol–water partition coefficient (Wildman–Crippen LogP) is 4.34. The van der Waals surface area contributed by atoms with Crippen molar-refractivity contribution >= 4 is 5.91 Å². The van der Waals surface area contributed by atoms with Gasteiger partial charge in [-0.2, -0.15) is 0 Å². The Bertz CT molecular complexity index is 929. The molecule has 2 aromatic rings. The molecule has 2 aromatic carbocycles. The number of nitrogens with zero attached hydrogens (tertiary/aromatic N) is 1. The Hall–Kier alpha value is -2.57. The number of benzene rings is 2. The molecular weight excluding hydrogens is 416 g/mol. The number of methoxy groups -OCH3 is 2. The van der Waals surface area contributed by atoms with Gasteiger partial charge in [-0.1, -0.05) is 36.4 Å². The number of amides is 1. The number of likely N-dealkylation sites (tertiary alicyclic amines) is 1. The minimum Gasteiger partial charge on any atom is -0.493 e. The van der Waals surface area contributed by atoms with Gasteiger partial charge in [0.05, 0.1) is 18.6 Å². The maximum Gasteiger partial charge on any atom is 0.229 e. The van der Waals surface area contributed by atoms with Crippen molar-refractivity contribution < 1.29 is 19.0 Å². The fourth-order valence-corrected chi connectivity index (χ4v) is 5.29. The van der Waals surface area contributed by atoms with Gasteiger partial charge in [-0.15, -0.1) is 0 Å². The fourth-order valence-electron chi connectivity index (χ4n) is 5.29. The van der Waals surface area contributed by atoms with E-state index in [1.54, 1.807) is 14.2 Å². The van der Waals surface area contributed by atoms with Gasteiger partial charge >= 0.3 is 0 Å². The summed E-state index contributed by atoms with van der Waals surface area (Å²) in [5.74, 6) is 1.56. The first-order valence-corrected chi connectivity index (χ1v) is 11.9. The van der Waals surface area contributed by atoms with E-state index in [0.717, 1.165) is 43.0 Å². The van der Waals surface area contributed by atoms with Crippen LogP contribution in [0.1, 0.15) is 49.7 Å². The highest BCUT2D eigenvalue weighted by Crippen LogP contribution is 2.45. The smallest absolute Gasteiger partial charge is 0.229 e. The van der Waals surface area contributed by atoms with Crippen molar-refractivity contribution in [1.82, 2.24) is 10.2 Å². The highest BCUT2D eigenvalue weighted by atomic mass is 16.5. The molecule has 1 amide bonds. The second-order valence-electron chi connectivity index (χ2n) is 9.50. The van der Waals surface area contributed by atoms with Gasteiger partial charge in [-0.25, -0.2) is 0 Å². The lowest BCUT2D eigenvalue weighted by Crippen LogP contribution is -2.44. The lowest BCUT2D eigenvalue weighted by Gasteiger charge is -2.30. The van der Waals surface area contributed by atoms with E-state index in [4.69, 9.17) is 14.2 Å². The van der Waals surface area contributed by atoms with E-state index in [0.29, 0.717) is 6.54 Å². The van der Waals surface area contributed by atoms with Gasteiger partial charge in [0.15, 0.2) is 11.5 Å². The molecule has 2 atom stereocenters. The predicted molar refractivity (Wildman–Crippen MR) is 128 cm³/mol. The summed E-state index contributed by atoms with van der Waals surface area (Å²) < 4.78 is 17.1. The molecule has 6 heteroatoms. The number of hydrogen-bond donors (Lipinski definition) is 1. The van der Waals surface area contributed by atoms with Crippen molar-refractivity contribution in [2.45, 2.75) is 51.2 Å². The van der Waals surface area contributed by atoms with Crippen LogP contribution in [0.2, 0.25) is 0 Å². The fraction of sp³-hybridized carbons (Fsp3) is 0.519. The molecule has 4 rings (SSSR count). The normalized spacial score (nSPS) is 23.5. The highest BCUT2D eigenvalue weighted by molar-refractivity contribution is 5.84. The summed E-state index contributed by atoms with van der Waals surface area (Å²) in [7, 11) is 3.27. The SMILES string of the molecule is COCNC(=O)[C@]1(C)CN(Cc2ccccc2)C[C@H]1c1ccc(OC)c(OC2CCCC2)c1. The summed E-state index contributed by atoms with van der Waals surface area (Å²) in [4.78, 5) is 15.7. The molecule has 1 aliphatic carbocycles. The van der Waals surface area contributed by atoms with Gasteiger partial charge in [-0.05, 0) is 55.9 Å². The average Bonchev–Trinajstić information content (AvgIpc) is 3.46. The van der Waals surface area contributed by atoms with Crippen LogP contribution in [-0.4, -0.2) is 51.0 Å². The zero-order valence-electron chi connectivity index (χ0n) is 20.0. The molecule has 178 valence electrons. The molecule has 0 aromatic heterocycles. The average molecular weight is 453 g/mol. The number of carbonyl (C=O) groups excluding carboxylic acids is 1. The third-order valence-corrected chi connectivity index (χ3v) is 7.09. The molecule has 1 saturated carbocycles. The van der Waals surface area contributed by atoms with Crippen LogP contribution in [0.15, 0.2) is 48.5 Å². The Morgan fingerprint density at radius 2 is 1.85 bits per heavy atom. The van der Waals surface area contributed by atoms with E-state index in [-0.39, 0.29) is 24.7 Å². The van der Waals surface area contributed by atoms with E-state index in [1.165, 1.54) is 18.4 Å². The van der Waals surface area contributed by atoms with Crippen LogP contribution >= 0.6 is 0 Å². The van der Waals surface area contributed by atoms with Crippen LogP contribution in [0, 0.1) is 5.41 Å². The summed E-state index contributed by atoms with van der Waals surface area (Å²) in [6, 6.07) is 16.6. The topological polar surface area (TPSA) is 60.0 Å². The molecule has 6 nitrogen and oxygen atoms in total. The first-order chi connectivity index (χ1) is 16.0. The Morgan fingerprint density at radius 3 is 2.55 bits per heavy atom. The maximum atomic E-state index is 13.3. The van der Waals surface area contributed by atoms with Crippen LogP contribution in [0.5, 0.6) is 11.5 Å². The van der Waals surface area contributed by atoms with Crippen LogP contribution in [0.3, 0.4) is 0 Å². The number of nitrogens with one attached hydrogen (secondary N) is 1. The molecule has 0 unspecified atom stereocenters. The summed E-state index contributed by atoms with van der Waals surface area (Å²) in [5.41, 5.74) is 1.76. The lowest BCUT2D eigenvalue weighted by atomic mass is 9.75. The second kappa shape index (κ2) is 10.6. The van der Waals surface area contributed by atoms with Crippen molar-refractivity contribution in [3.05, 3.63) is 59.7 Å². The monoisotopic (exact) mass is 452 g/mol. The summed E-state index contributed by atoms with van der Waals surface area (Å²) in [6.07, 6.45) is 4.82. The summed E-state index contributed by atoms with van der Waals surface area (Å²) in [6.45, 7) is 4.55. The number of hydrogen-bond acceptors (Lipinski definition) is 5.